The zero-order chi connectivity index (χ0) is 11.4. The zero-order valence-electron chi connectivity index (χ0n) is 9.19. The van der Waals surface area contributed by atoms with Gasteiger partial charge >= 0.3 is 0 Å². The molecule has 3 nitrogen and oxygen atoms in total. The van der Waals surface area contributed by atoms with E-state index in [9.17, 15) is 9.90 Å². The summed E-state index contributed by atoms with van der Waals surface area (Å²) in [7, 11) is 3.41. The first kappa shape index (κ1) is 11.3. The van der Waals surface area contributed by atoms with Gasteiger partial charge in [-0.1, -0.05) is 12.2 Å². The van der Waals surface area contributed by atoms with Crippen LogP contribution in [0.1, 0.15) is 22.8 Å². The van der Waals surface area contributed by atoms with Crippen molar-refractivity contribution in [3.8, 4) is 5.75 Å². The highest BCUT2D eigenvalue weighted by molar-refractivity contribution is 5.97. The smallest absolute Gasteiger partial charge is 0.253 e. The number of carbonyl (C=O) groups is 1. The summed E-state index contributed by atoms with van der Waals surface area (Å²) < 4.78 is 0. The molecule has 0 saturated heterocycles. The first-order chi connectivity index (χ1) is 7.06. The van der Waals surface area contributed by atoms with Crippen LogP contribution in [0, 0.1) is 0 Å². The van der Waals surface area contributed by atoms with Crippen LogP contribution in [0.5, 0.6) is 5.75 Å². The third-order valence-electron chi connectivity index (χ3n) is 2.02. The lowest BCUT2D eigenvalue weighted by Crippen LogP contribution is -2.22. The van der Waals surface area contributed by atoms with Crippen LogP contribution in [0.25, 0.3) is 6.08 Å². The molecule has 1 N–H and O–H groups in total. The van der Waals surface area contributed by atoms with E-state index in [0.717, 1.165) is 5.56 Å². The normalized spacial score (nSPS) is 10.6. The van der Waals surface area contributed by atoms with Gasteiger partial charge in [-0.15, -0.1) is 0 Å². The minimum Gasteiger partial charge on any atom is -0.508 e. The number of hydrogen-bond acceptors (Lipinski definition) is 2. The fourth-order valence-corrected chi connectivity index (χ4v) is 1.30. The molecule has 0 fully saturated rings. The van der Waals surface area contributed by atoms with Crippen molar-refractivity contribution in [3.63, 3.8) is 0 Å². The number of hydrogen-bond donors (Lipinski definition) is 1. The number of allylic oxidation sites excluding steroid dienone is 1. The molecular formula is C12H15NO2. The molecule has 0 aliphatic carbocycles. The number of benzene rings is 1. The van der Waals surface area contributed by atoms with Crippen molar-refractivity contribution in [2.45, 2.75) is 6.92 Å². The Hall–Kier alpha value is -1.77. The van der Waals surface area contributed by atoms with E-state index in [2.05, 4.69) is 0 Å². The van der Waals surface area contributed by atoms with Gasteiger partial charge in [-0.25, -0.2) is 0 Å². The Morgan fingerprint density at radius 2 is 2.07 bits per heavy atom. The summed E-state index contributed by atoms with van der Waals surface area (Å²) in [6.45, 7) is 1.87. The SMILES string of the molecule is C/C=C/c1cc(O)ccc1C(=O)N(C)C. The predicted octanol–water partition coefficient (Wildman–Crippen LogP) is 2.13. The summed E-state index contributed by atoms with van der Waals surface area (Å²) in [4.78, 5) is 13.3. The molecule has 0 saturated carbocycles. The molecule has 80 valence electrons. The maximum Gasteiger partial charge on any atom is 0.253 e. The second-order valence-corrected chi connectivity index (χ2v) is 3.47. The number of phenols is 1. The molecule has 0 heterocycles. The summed E-state index contributed by atoms with van der Waals surface area (Å²) >= 11 is 0. The van der Waals surface area contributed by atoms with Crippen LogP contribution in [-0.4, -0.2) is 30.0 Å². The zero-order valence-corrected chi connectivity index (χ0v) is 9.19. The third-order valence-corrected chi connectivity index (χ3v) is 2.02. The molecule has 0 spiro atoms. The standard InChI is InChI=1S/C12H15NO2/c1-4-5-9-8-10(14)6-7-11(9)12(15)13(2)3/h4-8,14H,1-3H3/b5-4+. The Balaban J connectivity index is 3.22. The Labute approximate surface area is 89.6 Å². The molecule has 0 aliphatic rings. The van der Waals surface area contributed by atoms with Crippen molar-refractivity contribution in [2.75, 3.05) is 14.1 Å². The number of phenolic OH excluding ortho intramolecular Hbond substituents is 1. The van der Waals surface area contributed by atoms with Crippen LogP contribution in [0.4, 0.5) is 0 Å². The maximum atomic E-state index is 11.8. The van der Waals surface area contributed by atoms with Gasteiger partial charge in [0.1, 0.15) is 5.75 Å². The van der Waals surface area contributed by atoms with Gasteiger partial charge in [-0.05, 0) is 30.7 Å². The third kappa shape index (κ3) is 2.59. The molecule has 0 unspecified atom stereocenters. The van der Waals surface area contributed by atoms with Crippen molar-refractivity contribution >= 4 is 12.0 Å². The van der Waals surface area contributed by atoms with Crippen LogP contribution < -0.4 is 0 Å². The minimum atomic E-state index is -0.0666. The van der Waals surface area contributed by atoms with E-state index in [1.807, 2.05) is 13.0 Å². The van der Waals surface area contributed by atoms with Crippen LogP contribution in [0.2, 0.25) is 0 Å². The average molecular weight is 205 g/mol. The predicted molar refractivity (Wildman–Crippen MR) is 60.8 cm³/mol. The van der Waals surface area contributed by atoms with Crippen molar-refractivity contribution in [1.29, 1.82) is 0 Å². The van der Waals surface area contributed by atoms with Gasteiger partial charge in [0.2, 0.25) is 0 Å². The fourth-order valence-electron chi connectivity index (χ4n) is 1.30. The molecule has 0 bridgehead atoms. The van der Waals surface area contributed by atoms with E-state index in [4.69, 9.17) is 0 Å². The van der Waals surface area contributed by atoms with E-state index < -0.39 is 0 Å². The van der Waals surface area contributed by atoms with Gasteiger partial charge in [0.25, 0.3) is 5.91 Å². The lowest BCUT2D eigenvalue weighted by atomic mass is 10.1. The molecule has 15 heavy (non-hydrogen) atoms. The maximum absolute atomic E-state index is 11.8. The molecule has 1 amide bonds. The number of nitrogens with zero attached hydrogens (tertiary/aromatic N) is 1. The average Bonchev–Trinajstić information content (AvgIpc) is 2.17. The summed E-state index contributed by atoms with van der Waals surface area (Å²) in [5.74, 6) is 0.0986. The topological polar surface area (TPSA) is 40.5 Å². The molecule has 0 radical (unpaired) electrons. The van der Waals surface area contributed by atoms with Crippen LogP contribution in [-0.2, 0) is 0 Å². The molecular weight excluding hydrogens is 190 g/mol. The second-order valence-electron chi connectivity index (χ2n) is 3.47. The molecule has 1 aromatic carbocycles. The van der Waals surface area contributed by atoms with Gasteiger partial charge in [-0.3, -0.25) is 4.79 Å². The number of aromatic hydroxyl groups is 1. The monoisotopic (exact) mass is 205 g/mol. The molecule has 1 aromatic rings. The van der Waals surface area contributed by atoms with Crippen LogP contribution >= 0.6 is 0 Å². The largest absolute Gasteiger partial charge is 0.508 e. The Morgan fingerprint density at radius 1 is 1.40 bits per heavy atom. The van der Waals surface area contributed by atoms with E-state index in [1.165, 1.54) is 11.0 Å². The van der Waals surface area contributed by atoms with E-state index in [-0.39, 0.29) is 11.7 Å². The van der Waals surface area contributed by atoms with Gasteiger partial charge in [0.05, 0.1) is 0 Å². The van der Waals surface area contributed by atoms with Crippen molar-refractivity contribution in [3.05, 3.63) is 35.4 Å². The number of rotatable bonds is 2. The van der Waals surface area contributed by atoms with Crippen molar-refractivity contribution in [1.82, 2.24) is 4.90 Å². The summed E-state index contributed by atoms with van der Waals surface area (Å²) in [5.41, 5.74) is 1.33. The van der Waals surface area contributed by atoms with Gasteiger partial charge < -0.3 is 10.0 Å². The highest BCUT2D eigenvalue weighted by atomic mass is 16.3. The summed E-state index contributed by atoms with van der Waals surface area (Å²) in [6.07, 6.45) is 3.64. The molecule has 0 aromatic heterocycles. The highest BCUT2D eigenvalue weighted by Gasteiger charge is 2.11. The van der Waals surface area contributed by atoms with Crippen LogP contribution in [0.15, 0.2) is 24.3 Å². The van der Waals surface area contributed by atoms with Gasteiger partial charge in [0.15, 0.2) is 0 Å². The highest BCUT2D eigenvalue weighted by Crippen LogP contribution is 2.19. The fraction of sp³-hybridized carbons (Fsp3) is 0.250. The first-order valence-corrected chi connectivity index (χ1v) is 4.73. The summed E-state index contributed by atoms with van der Waals surface area (Å²) in [6, 6.07) is 4.73. The van der Waals surface area contributed by atoms with Crippen LogP contribution in [0.3, 0.4) is 0 Å². The Bertz CT molecular complexity index is 395. The molecule has 1 rings (SSSR count). The van der Waals surface area contributed by atoms with Gasteiger partial charge in [-0.2, -0.15) is 0 Å². The molecule has 3 heteroatoms. The Morgan fingerprint density at radius 3 is 2.60 bits per heavy atom. The minimum absolute atomic E-state index is 0.0666. The lowest BCUT2D eigenvalue weighted by Gasteiger charge is -2.12. The van der Waals surface area contributed by atoms with E-state index in [0.29, 0.717) is 5.56 Å². The Kier molecular flexibility index (Phi) is 3.50. The van der Waals surface area contributed by atoms with E-state index in [1.54, 1.807) is 32.3 Å². The quantitative estimate of drug-likeness (QED) is 0.803. The summed E-state index contributed by atoms with van der Waals surface area (Å²) in [5, 5.41) is 9.33. The van der Waals surface area contributed by atoms with Crippen molar-refractivity contribution < 1.29 is 9.90 Å². The molecule has 0 atom stereocenters. The van der Waals surface area contributed by atoms with Gasteiger partial charge in [0, 0.05) is 19.7 Å². The lowest BCUT2D eigenvalue weighted by molar-refractivity contribution is 0.0827. The number of carbonyl (C=O) groups excluding carboxylic acids is 1. The second kappa shape index (κ2) is 4.64. The first-order valence-electron chi connectivity index (χ1n) is 4.73. The van der Waals surface area contributed by atoms with E-state index >= 15 is 0 Å². The molecule has 0 aliphatic heterocycles. The van der Waals surface area contributed by atoms with Crippen molar-refractivity contribution in [2.24, 2.45) is 0 Å². The number of amides is 1.